The fourth-order valence-corrected chi connectivity index (χ4v) is 2.58. The number of aryl methyl sites for hydroxylation is 2. The number of nitrogens with two attached hydrogens (primary N) is 1. The number of hydrogen-bond donors (Lipinski definition) is 1. The Kier molecular flexibility index (Phi) is 6.32. The zero-order chi connectivity index (χ0) is 13.7. The van der Waals surface area contributed by atoms with Crippen LogP contribution in [0.3, 0.4) is 0 Å². The molecule has 18 heavy (non-hydrogen) atoms. The molecule has 1 aromatic rings. The van der Waals surface area contributed by atoms with E-state index in [0.717, 1.165) is 36.3 Å². The monoisotopic (exact) mass is 316 g/mol. The van der Waals surface area contributed by atoms with E-state index in [9.17, 15) is 0 Å². The molecule has 1 rings (SSSR count). The van der Waals surface area contributed by atoms with Gasteiger partial charge in [0.05, 0.1) is 15.9 Å². The Bertz CT molecular complexity index is 373. The Morgan fingerprint density at radius 2 is 2.11 bits per heavy atom. The number of rotatable bonds is 7. The maximum Gasteiger partial charge on any atom is 0.0739 e. The van der Waals surface area contributed by atoms with Gasteiger partial charge in [-0.1, -0.05) is 13.8 Å². The molecule has 0 bridgehead atoms. The maximum absolute atomic E-state index is 5.70. The van der Waals surface area contributed by atoms with Gasteiger partial charge in [-0.25, -0.2) is 0 Å². The lowest BCUT2D eigenvalue weighted by Crippen LogP contribution is -2.33. The molecule has 0 saturated heterocycles. The second-order valence-corrected chi connectivity index (χ2v) is 5.87. The molecule has 1 aromatic heterocycles. The Labute approximate surface area is 119 Å². The number of aromatic nitrogens is 2. The van der Waals surface area contributed by atoms with Crippen molar-refractivity contribution in [1.29, 1.82) is 0 Å². The minimum absolute atomic E-state index is 0.648. The summed E-state index contributed by atoms with van der Waals surface area (Å²) in [6.07, 6.45) is 0. The molecule has 0 fully saturated rings. The molecule has 0 saturated carbocycles. The summed E-state index contributed by atoms with van der Waals surface area (Å²) in [4.78, 5) is 2.40. The molecule has 4 nitrogen and oxygen atoms in total. The summed E-state index contributed by atoms with van der Waals surface area (Å²) in [5, 5.41) is 4.53. The highest BCUT2D eigenvalue weighted by Gasteiger charge is 2.16. The van der Waals surface area contributed by atoms with Crippen LogP contribution in [0.15, 0.2) is 4.47 Å². The molecule has 0 aliphatic carbocycles. The van der Waals surface area contributed by atoms with E-state index >= 15 is 0 Å². The third kappa shape index (κ3) is 4.07. The van der Waals surface area contributed by atoms with Crippen molar-refractivity contribution >= 4 is 15.9 Å². The van der Waals surface area contributed by atoms with Crippen molar-refractivity contribution in [1.82, 2.24) is 14.7 Å². The van der Waals surface area contributed by atoms with Gasteiger partial charge in [-0.05, 0) is 35.7 Å². The van der Waals surface area contributed by atoms with Gasteiger partial charge in [-0.3, -0.25) is 9.58 Å². The van der Waals surface area contributed by atoms with Gasteiger partial charge in [0.2, 0.25) is 0 Å². The third-order valence-corrected chi connectivity index (χ3v) is 3.93. The van der Waals surface area contributed by atoms with Crippen LogP contribution in [0, 0.1) is 12.8 Å². The van der Waals surface area contributed by atoms with Gasteiger partial charge < -0.3 is 5.73 Å². The van der Waals surface area contributed by atoms with Crippen molar-refractivity contribution in [2.45, 2.75) is 40.8 Å². The lowest BCUT2D eigenvalue weighted by Gasteiger charge is -2.24. The van der Waals surface area contributed by atoms with E-state index in [-0.39, 0.29) is 0 Å². The van der Waals surface area contributed by atoms with E-state index in [1.54, 1.807) is 0 Å². The van der Waals surface area contributed by atoms with E-state index < -0.39 is 0 Å². The lowest BCUT2D eigenvalue weighted by atomic mass is 10.2. The Hall–Kier alpha value is -0.390. The zero-order valence-electron chi connectivity index (χ0n) is 11.9. The second-order valence-electron chi connectivity index (χ2n) is 5.08. The summed E-state index contributed by atoms with van der Waals surface area (Å²) in [5.41, 5.74) is 8.01. The quantitative estimate of drug-likeness (QED) is 0.840. The molecule has 0 atom stereocenters. The van der Waals surface area contributed by atoms with Crippen LogP contribution in [0.25, 0.3) is 0 Å². The van der Waals surface area contributed by atoms with Crippen molar-refractivity contribution in [2.24, 2.45) is 11.7 Å². The molecule has 0 amide bonds. The van der Waals surface area contributed by atoms with Crippen LogP contribution in [0.2, 0.25) is 0 Å². The maximum atomic E-state index is 5.70. The summed E-state index contributed by atoms with van der Waals surface area (Å²) in [6, 6.07) is 0. The van der Waals surface area contributed by atoms with Crippen molar-refractivity contribution in [3.63, 3.8) is 0 Å². The minimum Gasteiger partial charge on any atom is -0.329 e. The first kappa shape index (κ1) is 15.7. The van der Waals surface area contributed by atoms with Crippen molar-refractivity contribution in [3.8, 4) is 0 Å². The molecule has 0 aromatic carbocycles. The Balaban J connectivity index is 2.85. The molecule has 0 aliphatic rings. The van der Waals surface area contributed by atoms with Gasteiger partial charge in [0.15, 0.2) is 0 Å². The fraction of sp³-hybridized carbons (Fsp3) is 0.769. The zero-order valence-corrected chi connectivity index (χ0v) is 13.5. The molecule has 0 radical (unpaired) electrons. The summed E-state index contributed by atoms with van der Waals surface area (Å²) in [7, 11) is 0. The molecular formula is C13H25BrN4. The highest BCUT2D eigenvalue weighted by molar-refractivity contribution is 9.10. The standard InChI is InChI=1S/C13H25BrN4/c1-5-18-12(13(14)11(4)16-18)9-17(7-6-15)8-10(2)3/h10H,5-9,15H2,1-4H3. The molecule has 0 aliphatic heterocycles. The average molecular weight is 317 g/mol. The molecular weight excluding hydrogens is 292 g/mol. The number of halogens is 1. The summed E-state index contributed by atoms with van der Waals surface area (Å²) in [5.74, 6) is 0.648. The van der Waals surface area contributed by atoms with Crippen molar-refractivity contribution in [2.75, 3.05) is 19.6 Å². The van der Waals surface area contributed by atoms with Gasteiger partial charge in [0, 0.05) is 32.7 Å². The average Bonchev–Trinajstić information content (AvgIpc) is 2.56. The predicted octanol–water partition coefficient (Wildman–Crippen LogP) is 2.39. The Morgan fingerprint density at radius 1 is 1.44 bits per heavy atom. The van der Waals surface area contributed by atoms with Crippen LogP contribution in [-0.2, 0) is 13.1 Å². The molecule has 0 spiro atoms. The van der Waals surface area contributed by atoms with Crippen LogP contribution < -0.4 is 5.73 Å². The highest BCUT2D eigenvalue weighted by Crippen LogP contribution is 2.22. The number of hydrogen-bond acceptors (Lipinski definition) is 3. The van der Waals surface area contributed by atoms with E-state index in [4.69, 9.17) is 5.73 Å². The van der Waals surface area contributed by atoms with Gasteiger partial charge in [0.25, 0.3) is 0 Å². The Morgan fingerprint density at radius 3 is 2.61 bits per heavy atom. The van der Waals surface area contributed by atoms with E-state index in [1.807, 2.05) is 6.92 Å². The van der Waals surface area contributed by atoms with Crippen molar-refractivity contribution < 1.29 is 0 Å². The predicted molar refractivity (Wildman–Crippen MR) is 79.5 cm³/mol. The van der Waals surface area contributed by atoms with Crippen LogP contribution in [0.5, 0.6) is 0 Å². The normalized spacial score (nSPS) is 11.8. The highest BCUT2D eigenvalue weighted by atomic mass is 79.9. The van der Waals surface area contributed by atoms with E-state index in [1.165, 1.54) is 5.69 Å². The summed E-state index contributed by atoms with van der Waals surface area (Å²) in [6.45, 7) is 13.1. The lowest BCUT2D eigenvalue weighted by molar-refractivity contribution is 0.235. The van der Waals surface area contributed by atoms with Crippen LogP contribution in [0.4, 0.5) is 0 Å². The third-order valence-electron chi connectivity index (χ3n) is 2.89. The second kappa shape index (κ2) is 7.26. The first-order chi connectivity index (χ1) is 8.49. The smallest absolute Gasteiger partial charge is 0.0739 e. The van der Waals surface area contributed by atoms with E-state index in [0.29, 0.717) is 12.5 Å². The first-order valence-corrected chi connectivity index (χ1v) is 7.43. The minimum atomic E-state index is 0.648. The number of nitrogens with zero attached hydrogens (tertiary/aromatic N) is 3. The molecule has 0 unspecified atom stereocenters. The molecule has 5 heteroatoms. The molecule has 1 heterocycles. The fourth-order valence-electron chi connectivity index (χ4n) is 2.17. The largest absolute Gasteiger partial charge is 0.329 e. The van der Waals surface area contributed by atoms with E-state index in [2.05, 4.69) is 51.4 Å². The molecule has 104 valence electrons. The van der Waals surface area contributed by atoms with Crippen molar-refractivity contribution in [3.05, 3.63) is 15.9 Å². The summed E-state index contributed by atoms with van der Waals surface area (Å²) >= 11 is 3.65. The van der Waals surface area contributed by atoms with Crippen LogP contribution >= 0.6 is 15.9 Å². The van der Waals surface area contributed by atoms with Gasteiger partial charge in [-0.2, -0.15) is 5.10 Å². The van der Waals surface area contributed by atoms with Crippen LogP contribution in [0.1, 0.15) is 32.2 Å². The summed E-state index contributed by atoms with van der Waals surface area (Å²) < 4.78 is 3.21. The van der Waals surface area contributed by atoms with Gasteiger partial charge in [-0.15, -0.1) is 0 Å². The first-order valence-electron chi connectivity index (χ1n) is 6.63. The molecule has 2 N–H and O–H groups in total. The van der Waals surface area contributed by atoms with Gasteiger partial charge in [0.1, 0.15) is 0 Å². The SMILES string of the molecule is CCn1nc(C)c(Br)c1CN(CCN)CC(C)C. The topological polar surface area (TPSA) is 47.1 Å². The van der Waals surface area contributed by atoms with Gasteiger partial charge >= 0.3 is 0 Å². The van der Waals surface area contributed by atoms with Crippen LogP contribution in [-0.4, -0.2) is 34.3 Å².